The number of hydrogen-bond donors (Lipinski definition) is 0. The molecule has 0 aromatic heterocycles. The van der Waals surface area contributed by atoms with Gasteiger partial charge >= 0.3 is 0 Å². The van der Waals surface area contributed by atoms with Crippen LogP contribution in [-0.4, -0.2) is 31.6 Å². The number of halogens is 2. The highest BCUT2D eigenvalue weighted by Crippen LogP contribution is 2.22. The molecule has 0 atom stereocenters. The second-order valence-electron chi connectivity index (χ2n) is 3.86. The smallest absolute Gasteiger partial charge is 0.124 e. The van der Waals surface area contributed by atoms with Gasteiger partial charge in [-0.3, -0.25) is 4.90 Å². The first kappa shape index (κ1) is 11.6. The summed E-state index contributed by atoms with van der Waals surface area (Å²) in [5, 5.41) is 0. The van der Waals surface area contributed by atoms with Crippen molar-refractivity contribution in [1.82, 2.24) is 4.90 Å². The normalized spacial score (nSPS) is 19.8. The number of benzene rings is 1. The van der Waals surface area contributed by atoms with Crippen LogP contribution in [0.2, 0.25) is 0 Å². The largest absolute Gasteiger partial charge is 0.495 e. The van der Waals surface area contributed by atoms with E-state index in [0.29, 0.717) is 6.61 Å². The van der Waals surface area contributed by atoms with Crippen molar-refractivity contribution in [2.24, 2.45) is 0 Å². The van der Waals surface area contributed by atoms with Gasteiger partial charge in [0.15, 0.2) is 0 Å². The zero-order valence-corrected chi connectivity index (χ0v) is 10.6. The number of likely N-dealkylation sites (N-methyl/N-ethyl adjacent to an activating group) is 1. The van der Waals surface area contributed by atoms with E-state index in [9.17, 15) is 4.39 Å². The maximum Gasteiger partial charge on any atom is 0.124 e. The van der Waals surface area contributed by atoms with Gasteiger partial charge in [-0.2, -0.15) is 0 Å². The van der Waals surface area contributed by atoms with E-state index in [4.69, 9.17) is 4.74 Å². The van der Waals surface area contributed by atoms with Crippen molar-refractivity contribution in [3.8, 4) is 0 Å². The highest BCUT2D eigenvalue weighted by atomic mass is 79.9. The van der Waals surface area contributed by atoms with Crippen LogP contribution in [0.4, 0.5) is 4.39 Å². The molecule has 0 radical (unpaired) electrons. The fourth-order valence-electron chi connectivity index (χ4n) is 1.60. The van der Waals surface area contributed by atoms with Crippen LogP contribution < -0.4 is 0 Å². The van der Waals surface area contributed by atoms with Crippen molar-refractivity contribution in [3.05, 3.63) is 39.8 Å². The predicted octanol–water partition coefficient (Wildman–Crippen LogP) is 2.89. The lowest BCUT2D eigenvalue weighted by molar-refractivity contribution is 0.113. The lowest BCUT2D eigenvalue weighted by atomic mass is 10.2. The molecule has 1 saturated heterocycles. The molecule has 0 amide bonds. The minimum Gasteiger partial charge on any atom is -0.495 e. The van der Waals surface area contributed by atoms with Crippen LogP contribution in [0, 0.1) is 5.82 Å². The van der Waals surface area contributed by atoms with Gasteiger partial charge in [-0.1, -0.05) is 22.0 Å². The van der Waals surface area contributed by atoms with Crippen molar-refractivity contribution in [3.63, 3.8) is 0 Å². The Morgan fingerprint density at radius 3 is 3.00 bits per heavy atom. The van der Waals surface area contributed by atoms with Crippen molar-refractivity contribution in [2.45, 2.75) is 0 Å². The van der Waals surface area contributed by atoms with Crippen molar-refractivity contribution >= 4 is 22.0 Å². The second kappa shape index (κ2) is 4.97. The molecule has 2 rings (SSSR count). The van der Waals surface area contributed by atoms with Crippen molar-refractivity contribution < 1.29 is 9.13 Å². The van der Waals surface area contributed by atoms with Crippen LogP contribution in [0.25, 0.3) is 6.08 Å². The molecule has 1 aromatic carbocycles. The Hall–Kier alpha value is -0.870. The van der Waals surface area contributed by atoms with Gasteiger partial charge in [-0.05, 0) is 30.8 Å². The summed E-state index contributed by atoms with van der Waals surface area (Å²) in [4.78, 5) is 2.19. The SMILES string of the molecule is CN1CCOC(=Cc2ccc(F)cc2Br)C1. The number of rotatable bonds is 1. The molecule has 1 heterocycles. The third-order valence-electron chi connectivity index (χ3n) is 2.47. The molecule has 1 fully saturated rings. The first-order chi connectivity index (χ1) is 7.65. The van der Waals surface area contributed by atoms with Crippen LogP contribution in [0.5, 0.6) is 0 Å². The molecule has 2 nitrogen and oxygen atoms in total. The predicted molar refractivity (Wildman–Crippen MR) is 65.5 cm³/mol. The van der Waals surface area contributed by atoms with Gasteiger partial charge in [0.1, 0.15) is 18.2 Å². The summed E-state index contributed by atoms with van der Waals surface area (Å²) in [5.41, 5.74) is 0.937. The zero-order chi connectivity index (χ0) is 11.5. The summed E-state index contributed by atoms with van der Waals surface area (Å²) in [6.07, 6.45) is 1.94. The molecule has 1 aliphatic heterocycles. The Kier molecular flexibility index (Phi) is 3.61. The van der Waals surface area contributed by atoms with E-state index < -0.39 is 0 Å². The molecule has 86 valence electrons. The maximum absolute atomic E-state index is 12.9. The van der Waals surface area contributed by atoms with Gasteiger partial charge in [0.25, 0.3) is 0 Å². The summed E-state index contributed by atoms with van der Waals surface area (Å²) < 4.78 is 19.2. The molecule has 0 aliphatic carbocycles. The molecule has 1 aliphatic rings. The third-order valence-corrected chi connectivity index (χ3v) is 3.15. The molecule has 0 spiro atoms. The van der Waals surface area contributed by atoms with E-state index in [1.54, 1.807) is 6.07 Å². The van der Waals surface area contributed by atoms with Crippen LogP contribution in [0.1, 0.15) is 5.56 Å². The standard InChI is InChI=1S/C12H13BrFNO/c1-15-4-5-16-11(8-15)6-9-2-3-10(14)7-12(9)13/h2-3,6-7H,4-5,8H2,1H3. The quantitative estimate of drug-likeness (QED) is 0.787. The van der Waals surface area contributed by atoms with Gasteiger partial charge in [-0.15, -0.1) is 0 Å². The molecule has 0 saturated carbocycles. The molecule has 4 heteroatoms. The topological polar surface area (TPSA) is 12.5 Å². The third kappa shape index (κ3) is 2.83. The van der Waals surface area contributed by atoms with Gasteiger partial charge in [0, 0.05) is 11.0 Å². The monoisotopic (exact) mass is 285 g/mol. The van der Waals surface area contributed by atoms with Crippen LogP contribution in [0.3, 0.4) is 0 Å². The van der Waals surface area contributed by atoms with E-state index in [0.717, 1.165) is 28.9 Å². The van der Waals surface area contributed by atoms with Crippen molar-refractivity contribution in [2.75, 3.05) is 26.7 Å². The minimum absolute atomic E-state index is 0.240. The van der Waals surface area contributed by atoms with E-state index in [2.05, 4.69) is 27.9 Å². The number of nitrogens with zero attached hydrogens (tertiary/aromatic N) is 1. The number of hydrogen-bond acceptors (Lipinski definition) is 2. The molecule has 0 unspecified atom stereocenters. The van der Waals surface area contributed by atoms with E-state index >= 15 is 0 Å². The highest BCUT2D eigenvalue weighted by Gasteiger charge is 2.11. The Balaban J connectivity index is 2.21. The highest BCUT2D eigenvalue weighted by molar-refractivity contribution is 9.10. The second-order valence-corrected chi connectivity index (χ2v) is 4.72. The summed E-state index contributed by atoms with van der Waals surface area (Å²) >= 11 is 3.34. The van der Waals surface area contributed by atoms with Crippen LogP contribution >= 0.6 is 15.9 Å². The first-order valence-corrected chi connectivity index (χ1v) is 5.91. The molecule has 0 N–H and O–H groups in total. The average molecular weight is 286 g/mol. The van der Waals surface area contributed by atoms with Gasteiger partial charge < -0.3 is 4.74 Å². The maximum atomic E-state index is 12.9. The first-order valence-electron chi connectivity index (χ1n) is 5.12. The summed E-state index contributed by atoms with van der Waals surface area (Å²) in [7, 11) is 2.05. The van der Waals surface area contributed by atoms with Crippen LogP contribution in [-0.2, 0) is 4.74 Å². The molecule has 1 aromatic rings. The van der Waals surface area contributed by atoms with Crippen LogP contribution in [0.15, 0.2) is 28.4 Å². The zero-order valence-electron chi connectivity index (χ0n) is 9.04. The fourth-order valence-corrected chi connectivity index (χ4v) is 2.07. The van der Waals surface area contributed by atoms with E-state index in [1.165, 1.54) is 12.1 Å². The summed E-state index contributed by atoms with van der Waals surface area (Å²) in [5.74, 6) is 0.678. The Labute approximate surface area is 103 Å². The molecular weight excluding hydrogens is 273 g/mol. The summed E-state index contributed by atoms with van der Waals surface area (Å²) in [6.45, 7) is 2.45. The van der Waals surface area contributed by atoms with Gasteiger partial charge in [0.05, 0.1) is 6.54 Å². The molecular formula is C12H13BrFNO. The van der Waals surface area contributed by atoms with Gasteiger partial charge in [-0.25, -0.2) is 4.39 Å². The lowest BCUT2D eigenvalue weighted by Gasteiger charge is -2.25. The van der Waals surface area contributed by atoms with E-state index in [1.807, 2.05) is 6.08 Å². The van der Waals surface area contributed by atoms with E-state index in [-0.39, 0.29) is 5.82 Å². The fraction of sp³-hybridized carbons (Fsp3) is 0.333. The Morgan fingerprint density at radius 2 is 2.31 bits per heavy atom. The molecule has 0 bridgehead atoms. The average Bonchev–Trinajstić information content (AvgIpc) is 2.22. The Morgan fingerprint density at radius 1 is 1.50 bits per heavy atom. The number of morpholine rings is 1. The van der Waals surface area contributed by atoms with Crippen molar-refractivity contribution in [1.29, 1.82) is 0 Å². The van der Waals surface area contributed by atoms with Gasteiger partial charge in [0.2, 0.25) is 0 Å². The number of ether oxygens (including phenoxy) is 1. The molecule has 16 heavy (non-hydrogen) atoms. The Bertz CT molecular complexity index is 419. The summed E-state index contributed by atoms with van der Waals surface area (Å²) in [6, 6.07) is 4.65. The minimum atomic E-state index is -0.240. The lowest BCUT2D eigenvalue weighted by Crippen LogP contribution is -2.31.